The number of benzene rings is 1. The molecule has 24 heavy (non-hydrogen) atoms. The number of alkyl halides is 2. The molecule has 4 aliphatic carbocycles. The molecule has 130 valence electrons. The summed E-state index contributed by atoms with van der Waals surface area (Å²) >= 11 is 0. The minimum absolute atomic E-state index is 0.155. The maximum atomic E-state index is 13.2. The van der Waals surface area contributed by atoms with Gasteiger partial charge in [-0.3, -0.25) is 0 Å². The Morgan fingerprint density at radius 3 is 2.25 bits per heavy atom. The van der Waals surface area contributed by atoms with E-state index in [4.69, 9.17) is 4.74 Å². The molecule has 1 aromatic rings. The maximum Gasteiger partial charge on any atom is 0.376 e. The molecule has 4 fully saturated rings. The van der Waals surface area contributed by atoms with Gasteiger partial charge in [0.1, 0.15) is 6.10 Å². The molecule has 0 aromatic heterocycles. The fraction of sp³-hybridized carbons (Fsp3) is 0.650. The summed E-state index contributed by atoms with van der Waals surface area (Å²) < 4.78 is 31.8. The molecule has 4 heteroatoms. The van der Waals surface area contributed by atoms with Gasteiger partial charge in [-0.1, -0.05) is 29.8 Å². The van der Waals surface area contributed by atoms with E-state index in [1.54, 1.807) is 0 Å². The lowest BCUT2D eigenvalue weighted by Crippen LogP contribution is -2.57. The first kappa shape index (κ1) is 16.0. The molecule has 0 aliphatic heterocycles. The molecule has 2 unspecified atom stereocenters. The lowest BCUT2D eigenvalue weighted by atomic mass is 9.47. The van der Waals surface area contributed by atoms with Crippen molar-refractivity contribution >= 4 is 5.97 Å². The van der Waals surface area contributed by atoms with Crippen molar-refractivity contribution in [3.63, 3.8) is 0 Å². The Bertz CT molecular complexity index is 631. The van der Waals surface area contributed by atoms with Crippen LogP contribution < -0.4 is 0 Å². The van der Waals surface area contributed by atoms with Crippen LogP contribution in [0.25, 0.3) is 0 Å². The zero-order valence-corrected chi connectivity index (χ0v) is 14.2. The summed E-state index contributed by atoms with van der Waals surface area (Å²) in [7, 11) is 0. The monoisotopic (exact) mass is 334 g/mol. The number of esters is 1. The zero-order chi connectivity index (χ0) is 17.1. The standard InChI is InChI=1S/C20H24F2O2/c1-12-3-5-16(6-4-12)20-9-13-7-14(10-20)17(15(8-13)11-20)24-18(23)19(2,21)22/h3-6,13-15,17H,7-11H2,1-2H3. The quantitative estimate of drug-likeness (QED) is 0.753. The Balaban J connectivity index is 1.58. The number of hydrogen-bond acceptors (Lipinski definition) is 2. The molecule has 0 spiro atoms. The fourth-order valence-corrected chi connectivity index (χ4v) is 5.66. The van der Waals surface area contributed by atoms with Crippen molar-refractivity contribution in [2.75, 3.05) is 0 Å². The summed E-state index contributed by atoms with van der Waals surface area (Å²) in [4.78, 5) is 11.7. The predicted molar refractivity (Wildman–Crippen MR) is 86.9 cm³/mol. The normalized spacial score (nSPS) is 37.5. The van der Waals surface area contributed by atoms with Crippen LogP contribution in [0.5, 0.6) is 0 Å². The average Bonchev–Trinajstić information content (AvgIpc) is 2.49. The van der Waals surface area contributed by atoms with Crippen molar-refractivity contribution in [3.8, 4) is 0 Å². The van der Waals surface area contributed by atoms with Gasteiger partial charge in [0.15, 0.2) is 0 Å². The minimum Gasteiger partial charge on any atom is -0.457 e. The van der Waals surface area contributed by atoms with Gasteiger partial charge in [0.25, 0.3) is 0 Å². The maximum absolute atomic E-state index is 13.2. The van der Waals surface area contributed by atoms with Gasteiger partial charge in [0.2, 0.25) is 0 Å². The van der Waals surface area contributed by atoms with Gasteiger partial charge >= 0.3 is 11.9 Å². The Kier molecular flexibility index (Phi) is 3.52. The summed E-state index contributed by atoms with van der Waals surface area (Å²) in [5.74, 6) is -3.67. The van der Waals surface area contributed by atoms with Crippen LogP contribution in [-0.4, -0.2) is 18.0 Å². The third-order valence-corrected chi connectivity index (χ3v) is 6.45. The van der Waals surface area contributed by atoms with E-state index in [9.17, 15) is 13.6 Å². The van der Waals surface area contributed by atoms with Crippen molar-refractivity contribution in [1.29, 1.82) is 0 Å². The number of rotatable bonds is 3. The van der Waals surface area contributed by atoms with E-state index in [2.05, 4.69) is 31.2 Å². The first-order valence-electron chi connectivity index (χ1n) is 8.93. The lowest BCUT2D eigenvalue weighted by molar-refractivity contribution is -0.195. The highest BCUT2D eigenvalue weighted by atomic mass is 19.3. The smallest absolute Gasteiger partial charge is 0.376 e. The number of hydrogen-bond donors (Lipinski definition) is 0. The van der Waals surface area contributed by atoms with Crippen molar-refractivity contribution in [1.82, 2.24) is 0 Å². The van der Waals surface area contributed by atoms with Crippen LogP contribution in [0.3, 0.4) is 0 Å². The van der Waals surface area contributed by atoms with Crippen LogP contribution in [0.1, 0.15) is 50.2 Å². The number of carbonyl (C=O) groups excluding carboxylic acids is 1. The summed E-state index contributed by atoms with van der Waals surface area (Å²) in [5.41, 5.74) is 2.78. The van der Waals surface area contributed by atoms with Gasteiger partial charge in [0, 0.05) is 6.92 Å². The van der Waals surface area contributed by atoms with Crippen molar-refractivity contribution in [3.05, 3.63) is 35.4 Å². The zero-order valence-electron chi connectivity index (χ0n) is 14.2. The summed E-state index contributed by atoms with van der Waals surface area (Å²) in [6, 6.07) is 8.76. The van der Waals surface area contributed by atoms with E-state index >= 15 is 0 Å². The van der Waals surface area contributed by atoms with E-state index in [0.717, 1.165) is 25.7 Å². The molecule has 0 saturated heterocycles. The molecule has 4 bridgehead atoms. The number of carbonyl (C=O) groups is 1. The summed E-state index contributed by atoms with van der Waals surface area (Å²) in [5, 5.41) is 0. The highest BCUT2D eigenvalue weighted by Gasteiger charge is 2.57. The minimum atomic E-state index is -3.40. The first-order valence-corrected chi connectivity index (χ1v) is 8.93. The van der Waals surface area contributed by atoms with Crippen molar-refractivity contribution in [2.24, 2.45) is 17.8 Å². The van der Waals surface area contributed by atoms with Gasteiger partial charge in [0.05, 0.1) is 0 Å². The van der Waals surface area contributed by atoms with Gasteiger partial charge < -0.3 is 4.74 Å². The van der Waals surface area contributed by atoms with Crippen LogP contribution in [0.4, 0.5) is 8.78 Å². The van der Waals surface area contributed by atoms with Gasteiger partial charge in [-0.15, -0.1) is 0 Å². The fourth-order valence-electron chi connectivity index (χ4n) is 5.66. The van der Waals surface area contributed by atoms with E-state index in [-0.39, 0.29) is 23.4 Å². The van der Waals surface area contributed by atoms with Gasteiger partial charge in [-0.05, 0) is 67.8 Å². The highest BCUT2D eigenvalue weighted by molar-refractivity contribution is 5.77. The average molecular weight is 334 g/mol. The van der Waals surface area contributed by atoms with Gasteiger partial charge in [-0.25, -0.2) is 4.79 Å². The third kappa shape index (κ3) is 2.55. The van der Waals surface area contributed by atoms with Crippen molar-refractivity contribution in [2.45, 2.75) is 63.4 Å². The van der Waals surface area contributed by atoms with Crippen LogP contribution >= 0.6 is 0 Å². The number of halogens is 2. The molecule has 0 radical (unpaired) electrons. The van der Waals surface area contributed by atoms with Crippen LogP contribution in [0, 0.1) is 24.7 Å². The Labute approximate surface area is 141 Å². The largest absolute Gasteiger partial charge is 0.457 e. The third-order valence-electron chi connectivity index (χ3n) is 6.45. The molecule has 5 rings (SSSR count). The molecular weight excluding hydrogens is 310 g/mol. The summed E-state index contributed by atoms with van der Waals surface area (Å²) in [6.45, 7) is 2.71. The molecule has 0 heterocycles. The second-order valence-corrected chi connectivity index (χ2v) is 8.37. The van der Waals surface area contributed by atoms with E-state index in [0.29, 0.717) is 12.8 Å². The van der Waals surface area contributed by atoms with Gasteiger partial charge in [-0.2, -0.15) is 8.78 Å². The number of aryl methyl sites for hydroxylation is 1. The Morgan fingerprint density at radius 2 is 1.71 bits per heavy atom. The molecule has 2 nitrogen and oxygen atoms in total. The molecule has 4 aliphatic rings. The summed E-state index contributed by atoms with van der Waals surface area (Å²) in [6.07, 6.45) is 4.80. The topological polar surface area (TPSA) is 26.3 Å². The molecule has 4 saturated carbocycles. The highest BCUT2D eigenvalue weighted by Crippen LogP contribution is 2.61. The molecular formula is C20H24F2O2. The second-order valence-electron chi connectivity index (χ2n) is 8.37. The van der Waals surface area contributed by atoms with Crippen LogP contribution in [-0.2, 0) is 14.9 Å². The molecule has 0 N–H and O–H groups in total. The van der Waals surface area contributed by atoms with E-state index in [1.165, 1.54) is 17.5 Å². The second kappa shape index (κ2) is 5.27. The van der Waals surface area contributed by atoms with Crippen molar-refractivity contribution < 1.29 is 18.3 Å². The van der Waals surface area contributed by atoms with Crippen LogP contribution in [0.2, 0.25) is 0 Å². The lowest BCUT2D eigenvalue weighted by Gasteiger charge is -2.59. The molecule has 2 atom stereocenters. The molecule has 0 amide bonds. The van der Waals surface area contributed by atoms with Crippen LogP contribution in [0.15, 0.2) is 24.3 Å². The van der Waals surface area contributed by atoms with E-state index in [1.807, 2.05) is 0 Å². The molecule has 1 aromatic carbocycles. The Hall–Kier alpha value is -1.45. The SMILES string of the molecule is Cc1ccc(C23CC4CC(C2)C(OC(=O)C(C)(F)F)C(C4)C3)cc1. The first-order chi connectivity index (χ1) is 11.3. The van der Waals surface area contributed by atoms with E-state index < -0.39 is 11.9 Å². The predicted octanol–water partition coefficient (Wildman–Crippen LogP) is 4.64. The Morgan fingerprint density at radius 1 is 1.12 bits per heavy atom. The number of ether oxygens (including phenoxy) is 1.